The number of benzene rings is 1. The van der Waals surface area contributed by atoms with E-state index in [-0.39, 0.29) is 24.3 Å². The first-order chi connectivity index (χ1) is 18.5. The molecule has 2 aromatic rings. The van der Waals surface area contributed by atoms with Crippen molar-refractivity contribution in [3.63, 3.8) is 0 Å². The van der Waals surface area contributed by atoms with Gasteiger partial charge >= 0.3 is 12.4 Å². The van der Waals surface area contributed by atoms with Gasteiger partial charge in [0.25, 0.3) is 11.8 Å². The monoisotopic (exact) mass is 598 g/mol. The Balaban J connectivity index is 1.71. The zero-order chi connectivity index (χ0) is 29.5. The number of nitrogens with one attached hydrogen (secondary N) is 3. The Morgan fingerprint density at radius 3 is 2.40 bits per heavy atom. The first kappa shape index (κ1) is 29.4. The van der Waals surface area contributed by atoms with E-state index in [0.29, 0.717) is 12.1 Å². The number of alkyl halides is 6. The highest BCUT2D eigenvalue weighted by molar-refractivity contribution is 7.91. The molecule has 3 N–H and O–H groups in total. The van der Waals surface area contributed by atoms with E-state index in [1.54, 1.807) is 10.0 Å². The number of carbonyl (C=O) groups is 2. The molecule has 2 amide bonds. The lowest BCUT2D eigenvalue weighted by Crippen LogP contribution is -2.60. The minimum Gasteiger partial charge on any atom is -0.493 e. The maximum Gasteiger partial charge on any atom is 0.416 e. The number of rotatable bonds is 9. The number of aromatic nitrogens is 2. The van der Waals surface area contributed by atoms with Crippen LogP contribution in [0.5, 0.6) is 5.75 Å². The molecule has 1 atom stereocenters. The van der Waals surface area contributed by atoms with Crippen LogP contribution in [0.2, 0.25) is 0 Å². The predicted molar refractivity (Wildman–Crippen MR) is 123 cm³/mol. The number of hydrogen-bond acceptors (Lipinski definition) is 6. The average Bonchev–Trinajstić information content (AvgIpc) is 3.56. The lowest BCUT2D eigenvalue weighted by atomic mass is 9.77. The SMILES string of the molecule is O=C1N[C@@](c2ccc(OCCCC(F)(F)F)cc2F)(C(F)(F)F)CC(c2ccn[nH]2)=C1C(=O)NS(=O)(=O)C1CC1. The van der Waals surface area contributed by atoms with Crippen LogP contribution in [-0.2, 0) is 25.2 Å². The van der Waals surface area contributed by atoms with E-state index in [2.05, 4.69) is 10.2 Å². The van der Waals surface area contributed by atoms with Gasteiger partial charge in [-0.1, -0.05) is 0 Å². The molecule has 0 bridgehead atoms. The maximum atomic E-state index is 15.2. The van der Waals surface area contributed by atoms with Crippen molar-refractivity contribution in [2.24, 2.45) is 0 Å². The minimum atomic E-state index is -5.36. The summed E-state index contributed by atoms with van der Waals surface area (Å²) in [7, 11) is -4.19. The molecule has 0 radical (unpaired) electrons. The van der Waals surface area contributed by atoms with Crippen molar-refractivity contribution in [1.82, 2.24) is 20.2 Å². The van der Waals surface area contributed by atoms with Gasteiger partial charge in [-0.15, -0.1) is 0 Å². The Morgan fingerprint density at radius 1 is 1.15 bits per heavy atom. The van der Waals surface area contributed by atoms with Crippen LogP contribution in [0.3, 0.4) is 0 Å². The summed E-state index contributed by atoms with van der Waals surface area (Å²) in [5.41, 5.74) is -6.23. The van der Waals surface area contributed by atoms with E-state index >= 15 is 4.39 Å². The van der Waals surface area contributed by atoms with Crippen LogP contribution < -0.4 is 14.8 Å². The van der Waals surface area contributed by atoms with E-state index in [9.17, 15) is 44.3 Å². The van der Waals surface area contributed by atoms with E-state index in [0.717, 1.165) is 18.3 Å². The summed E-state index contributed by atoms with van der Waals surface area (Å²) in [4.78, 5) is 26.0. The molecule has 1 aromatic carbocycles. The van der Waals surface area contributed by atoms with Crippen molar-refractivity contribution in [2.75, 3.05) is 6.61 Å². The number of hydrogen-bond donors (Lipinski definition) is 3. The Morgan fingerprint density at radius 2 is 1.85 bits per heavy atom. The van der Waals surface area contributed by atoms with Crippen LogP contribution in [0.1, 0.15) is 43.4 Å². The second-order valence-electron chi connectivity index (χ2n) is 9.24. The van der Waals surface area contributed by atoms with Crippen LogP contribution in [0, 0.1) is 5.82 Å². The van der Waals surface area contributed by atoms with Crippen molar-refractivity contribution in [3.05, 3.63) is 53.1 Å². The van der Waals surface area contributed by atoms with Crippen molar-refractivity contribution in [3.8, 4) is 5.75 Å². The van der Waals surface area contributed by atoms with Crippen molar-refractivity contribution in [2.45, 2.75) is 55.2 Å². The van der Waals surface area contributed by atoms with Crippen LogP contribution in [0.25, 0.3) is 5.57 Å². The normalized spacial score (nSPS) is 20.3. The summed E-state index contributed by atoms with van der Waals surface area (Å²) in [6.45, 7) is -0.492. The molecule has 1 saturated carbocycles. The van der Waals surface area contributed by atoms with Crippen LogP contribution in [-0.4, -0.2) is 54.6 Å². The van der Waals surface area contributed by atoms with Gasteiger partial charge in [0.2, 0.25) is 10.0 Å². The fourth-order valence-corrected chi connectivity index (χ4v) is 5.49. The van der Waals surface area contributed by atoms with Gasteiger partial charge in [0.15, 0.2) is 5.54 Å². The molecule has 1 aromatic heterocycles. The zero-order valence-corrected chi connectivity index (χ0v) is 21.1. The molecule has 218 valence electrons. The molecule has 0 saturated heterocycles. The molecule has 2 heterocycles. The number of aromatic amines is 1. The Bertz CT molecular complexity index is 1430. The fraction of sp³-hybridized carbons (Fsp3) is 0.435. The summed E-state index contributed by atoms with van der Waals surface area (Å²) in [5, 5.41) is 6.72. The molecule has 1 aliphatic heterocycles. The minimum absolute atomic E-state index is 0.220. The highest BCUT2D eigenvalue weighted by Crippen LogP contribution is 2.49. The molecule has 0 spiro atoms. The Kier molecular flexibility index (Phi) is 7.64. The largest absolute Gasteiger partial charge is 0.493 e. The number of ether oxygens (including phenoxy) is 1. The molecule has 2 aliphatic rings. The molecule has 0 unspecified atom stereocenters. The van der Waals surface area contributed by atoms with Gasteiger partial charge in [-0.3, -0.25) is 14.7 Å². The number of sulfonamides is 1. The highest BCUT2D eigenvalue weighted by Gasteiger charge is 2.61. The van der Waals surface area contributed by atoms with Gasteiger partial charge in [-0.25, -0.2) is 17.5 Å². The van der Waals surface area contributed by atoms with Crippen molar-refractivity contribution in [1.29, 1.82) is 0 Å². The molecule has 17 heteroatoms. The molecule has 1 aliphatic carbocycles. The molecule has 1 fully saturated rings. The van der Waals surface area contributed by atoms with E-state index < -0.39 is 93.4 Å². The van der Waals surface area contributed by atoms with Gasteiger partial charge in [0.05, 0.1) is 17.6 Å². The summed E-state index contributed by atoms with van der Waals surface area (Å²) in [6.07, 6.45) is -11.1. The fourth-order valence-electron chi connectivity index (χ4n) is 4.21. The van der Waals surface area contributed by atoms with Crippen LogP contribution in [0.15, 0.2) is 36.0 Å². The second kappa shape index (κ2) is 10.4. The molecule has 9 nitrogen and oxygen atoms in total. The molecule has 40 heavy (non-hydrogen) atoms. The van der Waals surface area contributed by atoms with Gasteiger partial charge in [-0.2, -0.15) is 31.4 Å². The predicted octanol–water partition coefficient (Wildman–Crippen LogP) is 3.61. The maximum absolute atomic E-state index is 15.2. The van der Waals surface area contributed by atoms with Crippen molar-refractivity contribution >= 4 is 27.4 Å². The van der Waals surface area contributed by atoms with Gasteiger partial charge in [0.1, 0.15) is 17.1 Å². The van der Waals surface area contributed by atoms with E-state index in [4.69, 9.17) is 4.74 Å². The summed E-state index contributed by atoms with van der Waals surface area (Å²) in [5.74, 6) is -4.94. The quantitative estimate of drug-likeness (QED) is 0.230. The smallest absolute Gasteiger partial charge is 0.416 e. The third-order valence-electron chi connectivity index (χ3n) is 6.31. The van der Waals surface area contributed by atoms with Gasteiger partial charge in [-0.05, 0) is 43.0 Å². The first-order valence-corrected chi connectivity index (χ1v) is 13.3. The highest BCUT2D eigenvalue weighted by atomic mass is 32.2. The lowest BCUT2D eigenvalue weighted by molar-refractivity contribution is -0.202. The number of amides is 2. The first-order valence-electron chi connectivity index (χ1n) is 11.7. The molecule has 4 rings (SSSR count). The number of halogens is 7. The summed E-state index contributed by atoms with van der Waals surface area (Å²) < 4.78 is 127. The summed E-state index contributed by atoms with van der Waals surface area (Å²) >= 11 is 0. The lowest BCUT2D eigenvalue weighted by Gasteiger charge is -2.41. The number of carbonyl (C=O) groups excluding carboxylic acids is 2. The summed E-state index contributed by atoms with van der Waals surface area (Å²) in [6, 6.07) is 3.24. The third-order valence-corrected chi connectivity index (χ3v) is 8.13. The molecular weight excluding hydrogens is 577 g/mol. The average molecular weight is 598 g/mol. The van der Waals surface area contributed by atoms with Crippen LogP contribution in [0.4, 0.5) is 30.7 Å². The zero-order valence-electron chi connectivity index (χ0n) is 20.2. The number of nitrogens with zero attached hydrogens (tertiary/aromatic N) is 1. The number of H-pyrrole nitrogens is 1. The van der Waals surface area contributed by atoms with Gasteiger partial charge < -0.3 is 10.1 Å². The molecular formula is C23H21F7N4O5S. The Labute approximate surface area is 222 Å². The van der Waals surface area contributed by atoms with E-state index in [1.165, 1.54) is 0 Å². The van der Waals surface area contributed by atoms with Crippen molar-refractivity contribution < 1.29 is 53.5 Å². The Hall–Kier alpha value is -3.63. The third kappa shape index (κ3) is 6.08. The van der Waals surface area contributed by atoms with Crippen LogP contribution >= 0.6 is 0 Å². The topological polar surface area (TPSA) is 130 Å². The van der Waals surface area contributed by atoms with E-state index in [1.807, 2.05) is 0 Å². The van der Waals surface area contributed by atoms with Gasteiger partial charge in [0, 0.05) is 30.7 Å². The standard InChI is InChI=1S/C23H21F7N4O5S/c24-16-10-12(39-9-1-7-22(25,26)27)2-5-15(16)21(23(28,29)30)11-14(17-6-8-31-33-17)18(19(35)32-21)20(36)34-40(37,38)13-3-4-13/h2,5-6,8,10,13H,1,3-4,7,9,11H2,(H,31,33)(H,32,35)(H,34,36)/t21-/m0/s1. The second-order valence-corrected chi connectivity index (χ2v) is 11.2.